The minimum Gasteiger partial charge on any atom is -0.479 e. The van der Waals surface area contributed by atoms with Gasteiger partial charge >= 0.3 is 12.0 Å². The molecule has 0 aliphatic rings. The zero-order valence-electron chi connectivity index (χ0n) is 14.6. The summed E-state index contributed by atoms with van der Waals surface area (Å²) in [6, 6.07) is 8.11. The Balaban J connectivity index is 2.53. The van der Waals surface area contributed by atoms with E-state index >= 15 is 0 Å². The fourth-order valence-electron chi connectivity index (χ4n) is 2.08. The van der Waals surface area contributed by atoms with E-state index in [1.54, 1.807) is 13.8 Å². The maximum Gasteiger partial charge on any atom is 0.334 e. The fourth-order valence-corrected chi connectivity index (χ4v) is 2.08. The topological polar surface area (TPSA) is 117 Å². The summed E-state index contributed by atoms with van der Waals surface area (Å²) < 4.78 is 4.76. The Morgan fingerprint density at radius 3 is 2.28 bits per heavy atom. The summed E-state index contributed by atoms with van der Waals surface area (Å²) >= 11 is 0. The van der Waals surface area contributed by atoms with Crippen molar-refractivity contribution in [3.8, 4) is 0 Å². The van der Waals surface area contributed by atoms with Gasteiger partial charge < -0.3 is 25.8 Å². The molecule has 0 aliphatic carbocycles. The second-order valence-electron chi connectivity index (χ2n) is 5.84. The van der Waals surface area contributed by atoms with E-state index in [4.69, 9.17) is 9.84 Å². The number of benzene rings is 1. The molecular formula is C17H25N3O5. The first kappa shape index (κ1) is 20.4. The van der Waals surface area contributed by atoms with Crippen LogP contribution in [-0.4, -0.2) is 48.8 Å². The monoisotopic (exact) mass is 351 g/mol. The van der Waals surface area contributed by atoms with Crippen LogP contribution in [0.4, 0.5) is 4.79 Å². The Morgan fingerprint density at radius 2 is 1.76 bits per heavy atom. The van der Waals surface area contributed by atoms with Gasteiger partial charge in [0.1, 0.15) is 6.04 Å². The summed E-state index contributed by atoms with van der Waals surface area (Å²) in [5.41, 5.74) is 0.938. The maximum absolute atomic E-state index is 12.2. The molecule has 8 nitrogen and oxygen atoms in total. The van der Waals surface area contributed by atoms with Crippen LogP contribution in [0.25, 0.3) is 0 Å². The number of urea groups is 1. The van der Waals surface area contributed by atoms with Crippen molar-refractivity contribution in [2.75, 3.05) is 13.7 Å². The highest BCUT2D eigenvalue weighted by Crippen LogP contribution is 2.03. The number of carboxylic acid groups (broad SMARTS) is 1. The number of carboxylic acids is 1. The molecule has 0 spiro atoms. The summed E-state index contributed by atoms with van der Waals surface area (Å²) in [5.74, 6) is -1.81. The number of hydrogen-bond donors (Lipinski definition) is 4. The smallest absolute Gasteiger partial charge is 0.334 e. The quantitative estimate of drug-likeness (QED) is 0.523. The Bertz CT molecular complexity index is 577. The molecule has 0 saturated heterocycles. The van der Waals surface area contributed by atoms with Crippen molar-refractivity contribution in [3.05, 3.63) is 35.9 Å². The Labute approximate surface area is 146 Å². The normalized spacial score (nSPS) is 13.0. The molecule has 1 aromatic carbocycles. The summed E-state index contributed by atoms with van der Waals surface area (Å²) in [6.45, 7) is 3.73. The van der Waals surface area contributed by atoms with Crippen molar-refractivity contribution in [2.45, 2.75) is 32.5 Å². The molecule has 2 unspecified atom stereocenters. The van der Waals surface area contributed by atoms with Gasteiger partial charge in [-0.25, -0.2) is 9.59 Å². The molecule has 0 fully saturated rings. The molecule has 138 valence electrons. The number of hydrogen-bond acceptors (Lipinski definition) is 4. The van der Waals surface area contributed by atoms with Crippen LogP contribution in [0.1, 0.15) is 19.4 Å². The van der Waals surface area contributed by atoms with Crippen molar-refractivity contribution in [3.63, 3.8) is 0 Å². The van der Waals surface area contributed by atoms with Crippen LogP contribution in [0.2, 0.25) is 0 Å². The first-order valence-corrected chi connectivity index (χ1v) is 7.96. The Morgan fingerprint density at radius 1 is 1.12 bits per heavy atom. The number of methoxy groups -OCH3 is 1. The third-order valence-electron chi connectivity index (χ3n) is 3.55. The van der Waals surface area contributed by atoms with Crippen LogP contribution in [0.3, 0.4) is 0 Å². The molecule has 3 amide bonds. The van der Waals surface area contributed by atoms with Gasteiger partial charge in [0.25, 0.3) is 0 Å². The minimum absolute atomic E-state index is 0.173. The summed E-state index contributed by atoms with van der Waals surface area (Å²) in [4.78, 5) is 35.1. The molecule has 0 bridgehead atoms. The number of nitrogens with one attached hydrogen (secondary N) is 3. The highest BCUT2D eigenvalue weighted by atomic mass is 16.5. The van der Waals surface area contributed by atoms with Gasteiger partial charge in [0.15, 0.2) is 6.10 Å². The van der Waals surface area contributed by atoms with Crippen LogP contribution in [0.15, 0.2) is 30.3 Å². The molecule has 4 N–H and O–H groups in total. The Hall–Kier alpha value is -2.61. The lowest BCUT2D eigenvalue weighted by atomic mass is 10.0. The van der Waals surface area contributed by atoms with E-state index < -0.39 is 30.1 Å². The number of ether oxygens (including phenoxy) is 1. The fraction of sp³-hybridized carbons (Fsp3) is 0.471. The van der Waals surface area contributed by atoms with Gasteiger partial charge in [-0.1, -0.05) is 44.2 Å². The number of carbonyl (C=O) groups excluding carboxylic acids is 2. The maximum atomic E-state index is 12.2. The lowest BCUT2D eigenvalue weighted by Gasteiger charge is -2.22. The predicted octanol–water partition coefficient (Wildman–Crippen LogP) is 0.726. The third-order valence-corrected chi connectivity index (χ3v) is 3.55. The average Bonchev–Trinajstić information content (AvgIpc) is 2.58. The third kappa shape index (κ3) is 7.21. The molecule has 0 heterocycles. The van der Waals surface area contributed by atoms with Gasteiger partial charge in [0.05, 0.1) is 6.54 Å². The highest BCUT2D eigenvalue weighted by molar-refractivity contribution is 5.87. The molecule has 0 saturated carbocycles. The largest absolute Gasteiger partial charge is 0.479 e. The van der Waals surface area contributed by atoms with E-state index in [9.17, 15) is 14.4 Å². The van der Waals surface area contributed by atoms with Gasteiger partial charge in [0.2, 0.25) is 5.91 Å². The predicted molar refractivity (Wildman–Crippen MR) is 91.9 cm³/mol. The van der Waals surface area contributed by atoms with E-state index in [-0.39, 0.29) is 12.5 Å². The first-order valence-electron chi connectivity index (χ1n) is 7.96. The van der Waals surface area contributed by atoms with Gasteiger partial charge in [-0.15, -0.1) is 0 Å². The number of carbonyl (C=O) groups is 3. The summed E-state index contributed by atoms with van der Waals surface area (Å²) in [6.07, 6.45) is -1.14. The number of aliphatic carboxylic acids is 1. The molecule has 1 aromatic rings. The van der Waals surface area contributed by atoms with Crippen molar-refractivity contribution in [1.82, 2.24) is 16.0 Å². The van der Waals surface area contributed by atoms with Crippen LogP contribution < -0.4 is 16.0 Å². The van der Waals surface area contributed by atoms with E-state index in [0.29, 0.717) is 6.54 Å². The zero-order valence-corrected chi connectivity index (χ0v) is 14.6. The molecule has 0 aromatic heterocycles. The molecule has 25 heavy (non-hydrogen) atoms. The highest BCUT2D eigenvalue weighted by Gasteiger charge is 2.26. The van der Waals surface area contributed by atoms with E-state index in [1.165, 1.54) is 7.11 Å². The van der Waals surface area contributed by atoms with Crippen LogP contribution in [0, 0.1) is 5.92 Å². The van der Waals surface area contributed by atoms with Crippen molar-refractivity contribution < 1.29 is 24.2 Å². The lowest BCUT2D eigenvalue weighted by Crippen LogP contribution is -2.53. The second kappa shape index (κ2) is 10.3. The molecular weight excluding hydrogens is 326 g/mol. The standard InChI is InChI=1S/C17H25N3O5/c1-11(2)14(15(21)18-10-13(25-3)16(22)23)20-17(24)19-9-12-7-5-4-6-8-12/h4-8,11,13-14H,9-10H2,1-3H3,(H,18,21)(H,22,23)(H2,19,20,24). The van der Waals surface area contributed by atoms with Crippen LogP contribution >= 0.6 is 0 Å². The Kier molecular flexibility index (Phi) is 8.42. The number of amides is 3. The van der Waals surface area contributed by atoms with E-state index in [1.807, 2.05) is 30.3 Å². The van der Waals surface area contributed by atoms with Gasteiger partial charge in [0, 0.05) is 13.7 Å². The van der Waals surface area contributed by atoms with Gasteiger partial charge in [-0.2, -0.15) is 0 Å². The number of rotatable bonds is 9. The summed E-state index contributed by atoms with van der Waals surface area (Å²) in [7, 11) is 1.25. The second-order valence-corrected chi connectivity index (χ2v) is 5.84. The lowest BCUT2D eigenvalue weighted by molar-refractivity contribution is -0.148. The van der Waals surface area contributed by atoms with Gasteiger partial charge in [-0.05, 0) is 11.5 Å². The molecule has 8 heteroatoms. The first-order chi connectivity index (χ1) is 11.8. The molecule has 1 rings (SSSR count). The van der Waals surface area contributed by atoms with Crippen LogP contribution in [-0.2, 0) is 20.9 Å². The van der Waals surface area contributed by atoms with Crippen molar-refractivity contribution in [1.29, 1.82) is 0 Å². The van der Waals surface area contributed by atoms with Crippen LogP contribution in [0.5, 0.6) is 0 Å². The van der Waals surface area contributed by atoms with Gasteiger partial charge in [-0.3, -0.25) is 4.79 Å². The van der Waals surface area contributed by atoms with E-state index in [0.717, 1.165) is 5.56 Å². The minimum atomic E-state index is -1.17. The van der Waals surface area contributed by atoms with Crippen molar-refractivity contribution >= 4 is 17.9 Å². The zero-order chi connectivity index (χ0) is 18.8. The molecule has 2 atom stereocenters. The average molecular weight is 351 g/mol. The summed E-state index contributed by atoms with van der Waals surface area (Å²) in [5, 5.41) is 16.7. The molecule has 0 aliphatic heterocycles. The molecule has 0 radical (unpaired) electrons. The van der Waals surface area contributed by atoms with E-state index in [2.05, 4.69) is 16.0 Å². The SMILES string of the molecule is COC(CNC(=O)C(NC(=O)NCc1ccccc1)C(C)C)C(=O)O. The van der Waals surface area contributed by atoms with Crippen molar-refractivity contribution in [2.24, 2.45) is 5.92 Å².